The van der Waals surface area contributed by atoms with Crippen molar-refractivity contribution in [1.82, 2.24) is 15.0 Å². The minimum Gasteiger partial charge on any atom is -0.456 e. The van der Waals surface area contributed by atoms with E-state index in [1.54, 1.807) is 0 Å². The Labute approximate surface area is 295 Å². The second kappa shape index (κ2) is 12.0. The predicted molar refractivity (Wildman–Crippen MR) is 209 cm³/mol. The van der Waals surface area contributed by atoms with Crippen molar-refractivity contribution in [2.45, 2.75) is 0 Å². The molecule has 0 aliphatic heterocycles. The Balaban J connectivity index is 1.09. The summed E-state index contributed by atoms with van der Waals surface area (Å²) in [6.07, 6.45) is 15.4. The molecule has 4 nitrogen and oxygen atoms in total. The molecule has 2 aliphatic carbocycles. The first-order valence-corrected chi connectivity index (χ1v) is 17.4. The van der Waals surface area contributed by atoms with Crippen LogP contribution in [0.3, 0.4) is 0 Å². The lowest BCUT2D eigenvalue weighted by Gasteiger charge is -2.22. The van der Waals surface area contributed by atoms with Gasteiger partial charge in [-0.25, -0.2) is 15.0 Å². The van der Waals surface area contributed by atoms with Crippen LogP contribution in [0.25, 0.3) is 83.3 Å². The van der Waals surface area contributed by atoms with E-state index in [9.17, 15) is 0 Å². The van der Waals surface area contributed by atoms with E-state index in [4.69, 9.17) is 19.4 Å². The van der Waals surface area contributed by atoms with Crippen molar-refractivity contribution in [3.63, 3.8) is 0 Å². The number of furan rings is 1. The highest BCUT2D eigenvalue weighted by atomic mass is 16.3. The molecule has 2 atom stereocenters. The SMILES string of the molecule is C1=CC2C=CC(c3nc(-c4ccc(-c5ccccc5)cc4)nc(-c4ccc5ccc(-c6cccc7oc8ccccc8c67)cc5c4)n3)=CC2C=C1. The molecule has 2 aromatic heterocycles. The van der Waals surface area contributed by atoms with E-state index < -0.39 is 0 Å². The number of rotatable bonds is 5. The van der Waals surface area contributed by atoms with Crippen molar-refractivity contribution >= 4 is 38.3 Å². The van der Waals surface area contributed by atoms with Gasteiger partial charge in [0, 0.05) is 39.3 Å². The summed E-state index contributed by atoms with van der Waals surface area (Å²) in [5, 5.41) is 4.52. The van der Waals surface area contributed by atoms with Crippen LogP contribution in [0.15, 0.2) is 180 Å². The summed E-state index contributed by atoms with van der Waals surface area (Å²) in [5.41, 5.74) is 9.29. The average molecular weight is 654 g/mol. The van der Waals surface area contributed by atoms with Crippen molar-refractivity contribution in [2.75, 3.05) is 0 Å². The smallest absolute Gasteiger partial charge is 0.164 e. The van der Waals surface area contributed by atoms with Crippen molar-refractivity contribution in [1.29, 1.82) is 0 Å². The van der Waals surface area contributed by atoms with Crippen molar-refractivity contribution in [3.8, 4) is 45.0 Å². The first-order valence-electron chi connectivity index (χ1n) is 17.4. The van der Waals surface area contributed by atoms with Crippen LogP contribution in [0.4, 0.5) is 0 Å². The van der Waals surface area contributed by atoms with Crippen molar-refractivity contribution in [3.05, 3.63) is 182 Å². The second-order valence-corrected chi connectivity index (χ2v) is 13.2. The number of hydrogen-bond acceptors (Lipinski definition) is 4. The molecule has 0 bridgehead atoms. The Morgan fingerprint density at radius 1 is 0.451 bits per heavy atom. The predicted octanol–water partition coefficient (Wildman–Crippen LogP) is 11.9. The maximum absolute atomic E-state index is 6.21. The van der Waals surface area contributed by atoms with Crippen LogP contribution in [-0.4, -0.2) is 15.0 Å². The lowest BCUT2D eigenvalue weighted by Crippen LogP contribution is -2.12. The van der Waals surface area contributed by atoms with Gasteiger partial charge in [-0.3, -0.25) is 0 Å². The Hall–Kier alpha value is -6.65. The van der Waals surface area contributed by atoms with E-state index in [2.05, 4.69) is 152 Å². The van der Waals surface area contributed by atoms with Gasteiger partial charge in [-0.2, -0.15) is 0 Å². The highest BCUT2D eigenvalue weighted by Gasteiger charge is 2.21. The molecule has 0 amide bonds. The third-order valence-corrected chi connectivity index (χ3v) is 10.0. The van der Waals surface area contributed by atoms with Gasteiger partial charge in [0.1, 0.15) is 11.2 Å². The Bertz CT molecular complexity index is 2750. The maximum atomic E-state index is 6.21. The van der Waals surface area contributed by atoms with Gasteiger partial charge in [0.15, 0.2) is 17.5 Å². The maximum Gasteiger partial charge on any atom is 0.164 e. The zero-order valence-electron chi connectivity index (χ0n) is 27.6. The minimum absolute atomic E-state index is 0.278. The fourth-order valence-electron chi connectivity index (χ4n) is 7.40. The van der Waals surface area contributed by atoms with E-state index >= 15 is 0 Å². The molecule has 0 spiro atoms. The van der Waals surface area contributed by atoms with Gasteiger partial charge in [-0.1, -0.05) is 152 Å². The first kappa shape index (κ1) is 29.3. The monoisotopic (exact) mass is 653 g/mol. The van der Waals surface area contributed by atoms with Crippen LogP contribution in [0.1, 0.15) is 5.82 Å². The molecule has 2 aliphatic rings. The molecule has 6 aromatic carbocycles. The topological polar surface area (TPSA) is 51.8 Å². The molecule has 0 fully saturated rings. The van der Waals surface area contributed by atoms with Gasteiger partial charge in [0.25, 0.3) is 0 Å². The number of hydrogen-bond donors (Lipinski definition) is 0. The average Bonchev–Trinajstić information content (AvgIpc) is 3.59. The molecule has 0 saturated heterocycles. The molecule has 10 rings (SSSR count). The summed E-state index contributed by atoms with van der Waals surface area (Å²) in [5.74, 6) is 2.60. The number of fused-ring (bicyclic) bond motifs is 5. The van der Waals surface area contributed by atoms with E-state index in [0.29, 0.717) is 23.4 Å². The van der Waals surface area contributed by atoms with Crippen LogP contribution in [-0.2, 0) is 0 Å². The second-order valence-electron chi connectivity index (χ2n) is 13.2. The lowest BCUT2D eigenvalue weighted by atomic mass is 9.83. The van der Waals surface area contributed by atoms with Crippen LogP contribution in [0.5, 0.6) is 0 Å². The number of nitrogens with zero attached hydrogens (tertiary/aromatic N) is 3. The summed E-state index contributed by atoms with van der Waals surface area (Å²) >= 11 is 0. The van der Waals surface area contributed by atoms with Gasteiger partial charge >= 0.3 is 0 Å². The number of para-hydroxylation sites is 1. The number of benzene rings is 6. The van der Waals surface area contributed by atoms with Gasteiger partial charge in [0.05, 0.1) is 0 Å². The molecular formula is C47H31N3O. The summed E-state index contributed by atoms with van der Waals surface area (Å²) < 4.78 is 6.21. The zero-order valence-corrected chi connectivity index (χ0v) is 27.6. The summed E-state index contributed by atoms with van der Waals surface area (Å²) in [6.45, 7) is 0. The molecule has 2 unspecified atom stereocenters. The number of aromatic nitrogens is 3. The highest BCUT2D eigenvalue weighted by molar-refractivity contribution is 6.12. The first-order chi connectivity index (χ1) is 25.2. The van der Waals surface area contributed by atoms with Gasteiger partial charge in [-0.05, 0) is 57.3 Å². The Morgan fingerprint density at radius 3 is 1.96 bits per heavy atom. The molecular weight excluding hydrogens is 623 g/mol. The molecule has 0 radical (unpaired) electrons. The lowest BCUT2D eigenvalue weighted by molar-refractivity contribution is 0.662. The number of allylic oxidation sites excluding steroid dienone is 8. The van der Waals surface area contributed by atoms with E-state index in [1.807, 2.05) is 24.3 Å². The Kier molecular flexibility index (Phi) is 6.91. The molecule has 2 heterocycles. The minimum atomic E-state index is 0.278. The van der Waals surface area contributed by atoms with Gasteiger partial charge in [0.2, 0.25) is 0 Å². The standard InChI is InChI=1S/C47H31N3O/c1-2-9-30(10-3-1)32-17-22-34(23-18-32)45-48-46(37-25-20-31-11-4-5-12-35(31)27-37)50-47(49-45)38-26-21-33-19-24-36(28-39(33)29-38)40-14-8-16-43-44(40)41-13-6-7-15-42(41)51-43/h1-29,31,35H. The van der Waals surface area contributed by atoms with E-state index in [0.717, 1.165) is 66.1 Å². The quantitative estimate of drug-likeness (QED) is 0.185. The molecule has 4 heteroatoms. The van der Waals surface area contributed by atoms with Crippen LogP contribution >= 0.6 is 0 Å². The third kappa shape index (κ3) is 5.29. The summed E-state index contributed by atoms with van der Waals surface area (Å²) in [6, 6.07) is 46.5. The summed E-state index contributed by atoms with van der Waals surface area (Å²) in [7, 11) is 0. The zero-order chi connectivity index (χ0) is 33.7. The van der Waals surface area contributed by atoms with Crippen molar-refractivity contribution < 1.29 is 4.42 Å². The van der Waals surface area contributed by atoms with Gasteiger partial charge in [-0.15, -0.1) is 0 Å². The van der Waals surface area contributed by atoms with Crippen molar-refractivity contribution in [2.24, 2.45) is 11.8 Å². The molecule has 240 valence electrons. The molecule has 0 saturated carbocycles. The van der Waals surface area contributed by atoms with Crippen LogP contribution < -0.4 is 0 Å². The molecule has 8 aromatic rings. The molecule has 51 heavy (non-hydrogen) atoms. The van der Waals surface area contributed by atoms with E-state index in [1.165, 1.54) is 5.56 Å². The van der Waals surface area contributed by atoms with Crippen LogP contribution in [0.2, 0.25) is 0 Å². The highest BCUT2D eigenvalue weighted by Crippen LogP contribution is 2.38. The van der Waals surface area contributed by atoms with E-state index in [-0.39, 0.29) is 5.92 Å². The largest absolute Gasteiger partial charge is 0.456 e. The third-order valence-electron chi connectivity index (χ3n) is 10.0. The summed E-state index contributed by atoms with van der Waals surface area (Å²) in [4.78, 5) is 15.3. The normalized spacial score (nSPS) is 16.5. The molecule has 0 N–H and O–H groups in total. The Morgan fingerprint density at radius 2 is 1.10 bits per heavy atom. The fraction of sp³-hybridized carbons (Fsp3) is 0.0426. The fourth-order valence-corrected chi connectivity index (χ4v) is 7.40. The van der Waals surface area contributed by atoms with Crippen LogP contribution in [0, 0.1) is 11.8 Å². The van der Waals surface area contributed by atoms with Gasteiger partial charge < -0.3 is 4.42 Å².